The van der Waals surface area contributed by atoms with E-state index in [2.05, 4.69) is 4.98 Å². The molecule has 2 N–H and O–H groups in total. The van der Waals surface area contributed by atoms with E-state index in [4.69, 9.17) is 5.11 Å². The van der Waals surface area contributed by atoms with Crippen LogP contribution in [0.4, 0.5) is 0 Å². The summed E-state index contributed by atoms with van der Waals surface area (Å²) in [6.07, 6.45) is 1.19. The van der Waals surface area contributed by atoms with Crippen LogP contribution in [0.3, 0.4) is 0 Å². The van der Waals surface area contributed by atoms with Crippen molar-refractivity contribution in [3.63, 3.8) is 0 Å². The molecule has 0 unspecified atom stereocenters. The first-order valence-corrected chi connectivity index (χ1v) is 5.51. The van der Waals surface area contributed by atoms with Gasteiger partial charge in [-0.1, -0.05) is 13.3 Å². The van der Waals surface area contributed by atoms with Crippen LogP contribution >= 0.6 is 0 Å². The Morgan fingerprint density at radius 3 is 2.59 bits per heavy atom. The Kier molecular flexibility index (Phi) is 4.25. The first-order valence-electron chi connectivity index (χ1n) is 5.51. The smallest absolute Gasteiger partial charge is 0.328 e. The van der Waals surface area contributed by atoms with Crippen molar-refractivity contribution in [2.45, 2.75) is 39.7 Å². The maximum Gasteiger partial charge on any atom is 0.328 e. The Labute approximate surface area is 97.9 Å². The van der Waals surface area contributed by atoms with Gasteiger partial charge in [-0.15, -0.1) is 0 Å². The zero-order chi connectivity index (χ0) is 13.0. The van der Waals surface area contributed by atoms with Crippen molar-refractivity contribution in [1.82, 2.24) is 9.55 Å². The van der Waals surface area contributed by atoms with E-state index in [1.165, 1.54) is 6.92 Å². The van der Waals surface area contributed by atoms with E-state index >= 15 is 0 Å². The number of hydrogen-bond donors (Lipinski definition) is 2. The second-order valence-corrected chi connectivity index (χ2v) is 3.91. The number of nitrogens with one attached hydrogen (secondary N) is 1. The molecule has 0 aliphatic rings. The van der Waals surface area contributed by atoms with E-state index < -0.39 is 17.2 Å². The summed E-state index contributed by atoms with van der Waals surface area (Å²) in [5.74, 6) is -1.08. The molecule has 0 spiro atoms. The Balaban J connectivity index is 3.27. The number of aromatic amines is 1. The lowest BCUT2D eigenvalue weighted by atomic mass is 10.1. The summed E-state index contributed by atoms with van der Waals surface area (Å²) >= 11 is 0. The minimum atomic E-state index is -1.08. The van der Waals surface area contributed by atoms with Crippen LogP contribution in [-0.2, 0) is 17.8 Å². The molecule has 0 aliphatic heterocycles. The SMILES string of the molecule is CCCCn1c(=O)[nH]c(C)c(CC(=O)O)c1=O. The van der Waals surface area contributed by atoms with Crippen molar-refractivity contribution >= 4 is 5.97 Å². The molecule has 0 radical (unpaired) electrons. The molecule has 1 rings (SSSR count). The second kappa shape index (κ2) is 5.47. The van der Waals surface area contributed by atoms with Crippen LogP contribution in [0.15, 0.2) is 9.59 Å². The van der Waals surface area contributed by atoms with Crippen molar-refractivity contribution in [2.24, 2.45) is 0 Å². The van der Waals surface area contributed by atoms with Crippen LogP contribution < -0.4 is 11.2 Å². The Bertz CT molecular complexity index is 527. The number of H-pyrrole nitrogens is 1. The van der Waals surface area contributed by atoms with Gasteiger partial charge in [0.05, 0.1) is 6.42 Å². The number of carboxylic acid groups (broad SMARTS) is 1. The molecule has 6 nitrogen and oxygen atoms in total. The summed E-state index contributed by atoms with van der Waals surface area (Å²) in [6, 6.07) is 0. The molecule has 1 heterocycles. The Morgan fingerprint density at radius 1 is 1.41 bits per heavy atom. The third kappa shape index (κ3) is 3.05. The fraction of sp³-hybridized carbons (Fsp3) is 0.545. The highest BCUT2D eigenvalue weighted by molar-refractivity contribution is 5.70. The monoisotopic (exact) mass is 240 g/mol. The van der Waals surface area contributed by atoms with E-state index in [0.717, 1.165) is 11.0 Å². The summed E-state index contributed by atoms with van der Waals surface area (Å²) in [5, 5.41) is 8.71. The van der Waals surface area contributed by atoms with Crippen LogP contribution in [-0.4, -0.2) is 20.6 Å². The van der Waals surface area contributed by atoms with E-state index in [-0.39, 0.29) is 12.0 Å². The van der Waals surface area contributed by atoms with E-state index in [1.807, 2.05) is 6.92 Å². The van der Waals surface area contributed by atoms with Gasteiger partial charge >= 0.3 is 11.7 Å². The van der Waals surface area contributed by atoms with Gasteiger partial charge in [0.2, 0.25) is 0 Å². The van der Waals surface area contributed by atoms with Gasteiger partial charge < -0.3 is 10.1 Å². The zero-order valence-corrected chi connectivity index (χ0v) is 9.95. The molecule has 0 aromatic carbocycles. The zero-order valence-electron chi connectivity index (χ0n) is 9.95. The molecule has 0 aliphatic carbocycles. The number of rotatable bonds is 5. The lowest BCUT2D eigenvalue weighted by molar-refractivity contribution is -0.136. The number of aryl methyl sites for hydroxylation is 1. The van der Waals surface area contributed by atoms with E-state index in [9.17, 15) is 14.4 Å². The van der Waals surface area contributed by atoms with Gasteiger partial charge in [-0.3, -0.25) is 14.2 Å². The average molecular weight is 240 g/mol. The third-order valence-corrected chi connectivity index (χ3v) is 2.56. The molecule has 0 atom stereocenters. The molecule has 0 saturated heterocycles. The molecular weight excluding hydrogens is 224 g/mol. The third-order valence-electron chi connectivity index (χ3n) is 2.56. The van der Waals surface area contributed by atoms with Crippen molar-refractivity contribution in [3.8, 4) is 0 Å². The van der Waals surface area contributed by atoms with Gasteiger partial charge in [-0.25, -0.2) is 4.79 Å². The highest BCUT2D eigenvalue weighted by Crippen LogP contribution is 1.98. The fourth-order valence-electron chi connectivity index (χ4n) is 1.60. The number of aliphatic carboxylic acids is 1. The Hall–Kier alpha value is -1.85. The normalized spacial score (nSPS) is 10.5. The lowest BCUT2D eigenvalue weighted by Gasteiger charge is -2.08. The number of hydrogen-bond acceptors (Lipinski definition) is 3. The molecule has 0 fully saturated rings. The summed E-state index contributed by atoms with van der Waals surface area (Å²) in [7, 11) is 0. The maximum absolute atomic E-state index is 11.9. The number of carbonyl (C=O) groups is 1. The second-order valence-electron chi connectivity index (χ2n) is 3.91. The van der Waals surface area contributed by atoms with Crippen molar-refractivity contribution in [1.29, 1.82) is 0 Å². The summed E-state index contributed by atoms with van der Waals surface area (Å²) in [6.45, 7) is 3.80. The molecule has 6 heteroatoms. The highest BCUT2D eigenvalue weighted by Gasteiger charge is 2.13. The quantitative estimate of drug-likeness (QED) is 0.772. The molecule has 1 aromatic rings. The van der Waals surface area contributed by atoms with Gasteiger partial charge in [-0.05, 0) is 13.3 Å². The number of aromatic nitrogens is 2. The number of carboxylic acids is 1. The maximum atomic E-state index is 11.9. The van der Waals surface area contributed by atoms with Crippen molar-refractivity contribution in [2.75, 3.05) is 0 Å². The predicted molar refractivity (Wildman–Crippen MR) is 62.3 cm³/mol. The molecule has 0 bridgehead atoms. The topological polar surface area (TPSA) is 92.2 Å². The fourth-order valence-corrected chi connectivity index (χ4v) is 1.60. The van der Waals surface area contributed by atoms with Crippen LogP contribution in [0.25, 0.3) is 0 Å². The minimum absolute atomic E-state index is 0.146. The summed E-state index contributed by atoms with van der Waals surface area (Å²) in [4.78, 5) is 36.6. The van der Waals surface area contributed by atoms with Gasteiger partial charge in [0.25, 0.3) is 5.56 Å². The molecule has 1 aromatic heterocycles. The predicted octanol–water partition coefficient (Wildman–Crippen LogP) is 0.272. The van der Waals surface area contributed by atoms with Crippen LogP contribution in [0.1, 0.15) is 31.0 Å². The van der Waals surface area contributed by atoms with E-state index in [0.29, 0.717) is 18.7 Å². The number of nitrogens with zero attached hydrogens (tertiary/aromatic N) is 1. The minimum Gasteiger partial charge on any atom is -0.481 e. The number of unbranched alkanes of at least 4 members (excludes halogenated alkanes) is 1. The van der Waals surface area contributed by atoms with Gasteiger partial charge in [0, 0.05) is 17.8 Å². The summed E-state index contributed by atoms with van der Waals surface area (Å²) < 4.78 is 1.06. The molecule has 0 amide bonds. The van der Waals surface area contributed by atoms with Gasteiger partial charge in [0.15, 0.2) is 0 Å². The van der Waals surface area contributed by atoms with Crippen LogP contribution in [0, 0.1) is 6.92 Å². The van der Waals surface area contributed by atoms with Crippen molar-refractivity contribution in [3.05, 3.63) is 32.1 Å². The van der Waals surface area contributed by atoms with Gasteiger partial charge in [0.1, 0.15) is 0 Å². The van der Waals surface area contributed by atoms with Crippen molar-refractivity contribution < 1.29 is 9.90 Å². The van der Waals surface area contributed by atoms with Gasteiger partial charge in [-0.2, -0.15) is 0 Å². The molecule has 0 saturated carbocycles. The largest absolute Gasteiger partial charge is 0.481 e. The first-order chi connectivity index (χ1) is 7.97. The average Bonchev–Trinajstić information content (AvgIpc) is 2.23. The standard InChI is InChI=1S/C11H16N2O4/c1-3-4-5-13-10(16)8(6-9(14)15)7(2)12-11(13)17/h3-6H2,1-2H3,(H,12,17)(H,14,15). The Morgan fingerprint density at radius 2 is 2.06 bits per heavy atom. The molecule has 17 heavy (non-hydrogen) atoms. The van der Waals surface area contributed by atoms with Crippen LogP contribution in [0.5, 0.6) is 0 Å². The molecule has 94 valence electrons. The molecular formula is C11H16N2O4. The first kappa shape index (κ1) is 13.2. The van der Waals surface area contributed by atoms with E-state index in [1.54, 1.807) is 0 Å². The highest BCUT2D eigenvalue weighted by atomic mass is 16.4. The lowest BCUT2D eigenvalue weighted by Crippen LogP contribution is -2.38. The summed E-state index contributed by atoms with van der Waals surface area (Å²) in [5.41, 5.74) is -0.499. The van der Waals surface area contributed by atoms with Crippen LogP contribution in [0.2, 0.25) is 0 Å².